The lowest BCUT2D eigenvalue weighted by Gasteiger charge is -2.42. The summed E-state index contributed by atoms with van der Waals surface area (Å²) < 4.78 is 25.6. The maximum absolute atomic E-state index is 13.7. The second-order valence-electron chi connectivity index (χ2n) is 11.8. The number of ether oxygens (including phenoxy) is 1. The summed E-state index contributed by atoms with van der Waals surface area (Å²) >= 11 is 0. The van der Waals surface area contributed by atoms with Gasteiger partial charge in [-0.2, -0.15) is 5.26 Å². The summed E-state index contributed by atoms with van der Waals surface area (Å²) in [4.78, 5) is 40.1. The number of H-pyrrole nitrogens is 1. The van der Waals surface area contributed by atoms with E-state index in [4.69, 9.17) is 14.1 Å². The summed E-state index contributed by atoms with van der Waals surface area (Å²) in [7, 11) is 2.08. The van der Waals surface area contributed by atoms with Crippen molar-refractivity contribution in [2.24, 2.45) is 0 Å². The molecule has 3 aromatic rings. The fourth-order valence-corrected chi connectivity index (χ4v) is 6.76. The van der Waals surface area contributed by atoms with Gasteiger partial charge in [-0.05, 0) is 58.3 Å². The third-order valence-corrected chi connectivity index (χ3v) is 9.01. The first kappa shape index (κ1) is 28.7. The number of fused-ring (bicyclic) bond motifs is 2. The number of anilines is 2. The first-order valence-corrected chi connectivity index (χ1v) is 14.7. The molecule has 43 heavy (non-hydrogen) atoms. The Morgan fingerprint density at radius 2 is 2.07 bits per heavy atom. The number of halogens is 1. The molecule has 0 aliphatic carbocycles. The van der Waals surface area contributed by atoms with Crippen LogP contribution >= 0.6 is 0 Å². The molecule has 2 aromatic heterocycles. The topological polar surface area (TPSA) is 122 Å². The number of nitrogens with one attached hydrogen (secondary N) is 1. The van der Waals surface area contributed by atoms with Crippen LogP contribution in [0.1, 0.15) is 42.1 Å². The Bertz CT molecular complexity index is 1690. The minimum Gasteiger partial charge on any atom is -0.475 e. The summed E-state index contributed by atoms with van der Waals surface area (Å²) in [6.45, 7) is 10.7. The van der Waals surface area contributed by atoms with Gasteiger partial charge in [0, 0.05) is 43.8 Å². The minimum absolute atomic E-state index is 0.240. The van der Waals surface area contributed by atoms with E-state index in [9.17, 15) is 19.2 Å². The van der Waals surface area contributed by atoms with Crippen LogP contribution in [0.5, 0.6) is 5.88 Å². The van der Waals surface area contributed by atoms with E-state index in [1.54, 1.807) is 0 Å². The molecule has 12 heteroatoms. The van der Waals surface area contributed by atoms with Gasteiger partial charge < -0.3 is 28.8 Å². The van der Waals surface area contributed by atoms with Gasteiger partial charge in [0.25, 0.3) is 5.91 Å². The number of aromatic nitrogens is 2. The van der Waals surface area contributed by atoms with Crippen molar-refractivity contribution in [3.8, 4) is 11.9 Å². The molecule has 0 saturated carbocycles. The van der Waals surface area contributed by atoms with Crippen LogP contribution in [-0.2, 0) is 17.8 Å². The highest BCUT2D eigenvalue weighted by atomic mass is 19.1. The molecular weight excluding hydrogens is 553 g/mol. The number of piperazine rings is 1. The maximum Gasteiger partial charge on any atom is 0.417 e. The predicted molar refractivity (Wildman–Crippen MR) is 160 cm³/mol. The third kappa shape index (κ3) is 5.22. The molecule has 3 aliphatic heterocycles. The quantitative estimate of drug-likeness (QED) is 0.432. The largest absolute Gasteiger partial charge is 0.475 e. The standard InChI is InChI=1S/C31H36FN7O4/c1-18-7-8-24-28(43-31(41)35-24)26(18)37-11-9-22-25(16-37)34-29(42-17-21-6-5-10-36(21)4)23(14-33)27(22)38-12-13-39(19(2)15-38)30(40)20(3)32/h7-8,19,21H,3,5-6,9-13,15-17H2,1-2,4H3,(H,35,41)/t19-,21-/m0/s1. The molecule has 1 N–H and O–H groups in total. The molecule has 1 aromatic carbocycles. The Balaban J connectivity index is 1.39. The second kappa shape index (κ2) is 11.4. The van der Waals surface area contributed by atoms with E-state index < -0.39 is 17.5 Å². The Hall–Kier alpha value is -4.37. The number of nitrogens with zero attached hydrogens (tertiary/aromatic N) is 6. The van der Waals surface area contributed by atoms with Crippen molar-refractivity contribution >= 4 is 28.4 Å². The van der Waals surface area contributed by atoms with Gasteiger partial charge in [0.05, 0.1) is 29.1 Å². The lowest BCUT2D eigenvalue weighted by atomic mass is 9.96. The van der Waals surface area contributed by atoms with Gasteiger partial charge >= 0.3 is 5.76 Å². The zero-order valence-electron chi connectivity index (χ0n) is 24.8. The van der Waals surface area contributed by atoms with Crippen molar-refractivity contribution in [3.63, 3.8) is 0 Å². The Labute approximate surface area is 249 Å². The van der Waals surface area contributed by atoms with Crippen LogP contribution in [0.25, 0.3) is 11.1 Å². The zero-order valence-corrected chi connectivity index (χ0v) is 24.8. The molecule has 0 bridgehead atoms. The lowest BCUT2D eigenvalue weighted by molar-refractivity contribution is -0.131. The molecular formula is C31H36FN7O4. The Morgan fingerprint density at radius 1 is 1.26 bits per heavy atom. The molecule has 5 heterocycles. The molecule has 6 rings (SSSR count). The molecule has 226 valence electrons. The fourth-order valence-electron chi connectivity index (χ4n) is 6.76. The average Bonchev–Trinajstić information content (AvgIpc) is 3.58. The summed E-state index contributed by atoms with van der Waals surface area (Å²) in [5, 5.41) is 10.5. The lowest BCUT2D eigenvalue weighted by Crippen LogP contribution is -2.54. The SMILES string of the molecule is C=C(F)C(=O)N1CCN(c2c(C#N)c(OC[C@@H]3CCCN3C)nc3c2CCN(c2c(C)ccc4[nH]c(=O)oc24)C3)C[C@@H]1C. The molecule has 0 radical (unpaired) electrons. The molecule has 1 amide bonds. The minimum atomic E-state index is -0.976. The van der Waals surface area contributed by atoms with E-state index in [2.05, 4.69) is 39.4 Å². The van der Waals surface area contributed by atoms with E-state index in [0.29, 0.717) is 68.3 Å². The monoisotopic (exact) mass is 589 g/mol. The molecule has 11 nitrogen and oxygen atoms in total. The number of pyridine rings is 1. The van der Waals surface area contributed by atoms with E-state index in [0.717, 1.165) is 47.6 Å². The van der Waals surface area contributed by atoms with Crippen molar-refractivity contribution in [1.29, 1.82) is 5.26 Å². The number of hydrogen-bond donors (Lipinski definition) is 1. The van der Waals surface area contributed by atoms with Gasteiger partial charge in [-0.25, -0.2) is 14.2 Å². The molecule has 0 spiro atoms. The van der Waals surface area contributed by atoms with Crippen molar-refractivity contribution < 1.29 is 18.3 Å². The predicted octanol–water partition coefficient (Wildman–Crippen LogP) is 3.25. The van der Waals surface area contributed by atoms with Gasteiger partial charge in [-0.3, -0.25) is 9.78 Å². The molecule has 3 aliphatic rings. The van der Waals surface area contributed by atoms with Crippen molar-refractivity contribution in [2.75, 3.05) is 56.2 Å². The molecule has 0 unspecified atom stereocenters. The number of aromatic amines is 1. The van der Waals surface area contributed by atoms with Gasteiger partial charge in [-0.1, -0.05) is 12.6 Å². The van der Waals surface area contributed by atoms with E-state index in [1.807, 2.05) is 26.0 Å². The van der Waals surface area contributed by atoms with Gasteiger partial charge in [0.15, 0.2) is 11.4 Å². The molecule has 2 saturated heterocycles. The highest BCUT2D eigenvalue weighted by Gasteiger charge is 2.35. The Morgan fingerprint density at radius 3 is 2.77 bits per heavy atom. The number of benzene rings is 1. The number of rotatable bonds is 6. The number of likely N-dealkylation sites (N-methyl/N-ethyl adjacent to an activating group) is 1. The first-order chi connectivity index (χ1) is 20.7. The number of carbonyl (C=O) groups is 1. The van der Waals surface area contributed by atoms with Crippen molar-refractivity contribution in [2.45, 2.75) is 51.7 Å². The number of amides is 1. The summed E-state index contributed by atoms with van der Waals surface area (Å²) in [5.74, 6) is -1.89. The normalized spacial score (nSPS) is 20.8. The van der Waals surface area contributed by atoms with Crippen LogP contribution in [0.15, 0.2) is 33.8 Å². The zero-order chi connectivity index (χ0) is 30.4. The van der Waals surface area contributed by atoms with Crippen LogP contribution in [0.4, 0.5) is 15.8 Å². The van der Waals surface area contributed by atoms with Crippen molar-refractivity contribution in [3.05, 3.63) is 57.5 Å². The smallest absolute Gasteiger partial charge is 0.417 e. The molecule has 2 atom stereocenters. The van der Waals surface area contributed by atoms with Crippen LogP contribution in [0, 0.1) is 18.3 Å². The van der Waals surface area contributed by atoms with Gasteiger partial charge in [0.1, 0.15) is 18.2 Å². The number of nitriles is 1. The number of oxazole rings is 1. The number of carbonyl (C=O) groups excluding carboxylic acids is 1. The highest BCUT2D eigenvalue weighted by Crippen LogP contribution is 2.40. The van der Waals surface area contributed by atoms with Gasteiger partial charge in [0.2, 0.25) is 5.88 Å². The summed E-state index contributed by atoms with van der Waals surface area (Å²) in [6.07, 6.45) is 2.71. The number of aryl methyl sites for hydroxylation is 1. The second-order valence-corrected chi connectivity index (χ2v) is 11.8. The van der Waals surface area contributed by atoms with E-state index in [-0.39, 0.29) is 12.1 Å². The number of hydrogen-bond acceptors (Lipinski definition) is 9. The van der Waals surface area contributed by atoms with Crippen LogP contribution in [0.2, 0.25) is 0 Å². The third-order valence-electron chi connectivity index (χ3n) is 9.01. The Kier molecular flexibility index (Phi) is 7.60. The number of likely N-dealkylation sites (tertiary alicyclic amines) is 1. The summed E-state index contributed by atoms with van der Waals surface area (Å²) in [5.41, 5.74) is 5.83. The van der Waals surface area contributed by atoms with E-state index >= 15 is 0 Å². The van der Waals surface area contributed by atoms with E-state index in [1.165, 1.54) is 4.90 Å². The fraction of sp³-hybridized carbons (Fsp3) is 0.484. The van der Waals surface area contributed by atoms with Crippen molar-refractivity contribution in [1.82, 2.24) is 19.8 Å². The van der Waals surface area contributed by atoms with Gasteiger partial charge in [-0.15, -0.1) is 0 Å². The summed E-state index contributed by atoms with van der Waals surface area (Å²) in [6, 6.07) is 6.12. The maximum atomic E-state index is 13.7. The highest BCUT2D eigenvalue weighted by molar-refractivity contribution is 5.91. The van der Waals surface area contributed by atoms with Crippen LogP contribution in [-0.4, -0.2) is 84.1 Å². The molecule has 2 fully saturated rings. The van der Waals surface area contributed by atoms with Crippen LogP contribution in [0.3, 0.4) is 0 Å². The average molecular weight is 590 g/mol. The first-order valence-electron chi connectivity index (χ1n) is 14.7. The van der Waals surface area contributed by atoms with Crippen LogP contribution < -0.4 is 20.3 Å².